The first-order chi connectivity index (χ1) is 12.2. The van der Waals surface area contributed by atoms with E-state index in [2.05, 4.69) is 10.3 Å². The molecule has 0 saturated carbocycles. The molecule has 4 rings (SSSR count). The van der Waals surface area contributed by atoms with Crippen molar-refractivity contribution in [3.05, 3.63) is 47.9 Å². The Hall–Kier alpha value is -2.41. The molecule has 0 bridgehead atoms. The van der Waals surface area contributed by atoms with Crippen molar-refractivity contribution in [1.29, 1.82) is 0 Å². The summed E-state index contributed by atoms with van der Waals surface area (Å²) in [6.45, 7) is 3.21. The maximum absolute atomic E-state index is 13.9. The van der Waals surface area contributed by atoms with Gasteiger partial charge in [0.2, 0.25) is 0 Å². The van der Waals surface area contributed by atoms with Crippen molar-refractivity contribution in [1.82, 2.24) is 15.2 Å². The Morgan fingerprint density at radius 3 is 2.76 bits per heavy atom. The second kappa shape index (κ2) is 6.84. The van der Waals surface area contributed by atoms with Crippen LogP contribution in [0.25, 0.3) is 0 Å². The zero-order valence-corrected chi connectivity index (χ0v) is 13.9. The zero-order chi connectivity index (χ0) is 17.2. The largest absolute Gasteiger partial charge is 0.446 e. The van der Waals surface area contributed by atoms with Gasteiger partial charge in [-0.1, -0.05) is 12.1 Å². The molecule has 0 radical (unpaired) electrons. The Bertz CT molecular complexity index is 749. The first-order valence-electron chi connectivity index (χ1n) is 8.69. The number of nitrogens with one attached hydrogen (secondary N) is 1. The third kappa shape index (κ3) is 3.11. The second-order valence-corrected chi connectivity index (χ2v) is 6.44. The molecule has 0 aliphatic carbocycles. The summed E-state index contributed by atoms with van der Waals surface area (Å²) >= 11 is 0. The molecule has 3 heterocycles. The molecule has 0 spiro atoms. The zero-order valence-electron chi connectivity index (χ0n) is 13.9. The van der Waals surface area contributed by atoms with E-state index in [1.54, 1.807) is 17.0 Å². The Morgan fingerprint density at radius 1 is 1.24 bits per heavy atom. The summed E-state index contributed by atoms with van der Waals surface area (Å²) in [6, 6.07) is 6.81. The van der Waals surface area contributed by atoms with Crippen LogP contribution in [-0.2, 0) is 0 Å². The number of rotatable bonds is 3. The van der Waals surface area contributed by atoms with Gasteiger partial charge in [-0.2, -0.15) is 0 Å². The molecular formula is C18H21FN4O2. The Morgan fingerprint density at radius 2 is 2.04 bits per heavy atom. The van der Waals surface area contributed by atoms with Gasteiger partial charge in [0.05, 0.1) is 11.7 Å². The minimum Gasteiger partial charge on any atom is -0.446 e. The van der Waals surface area contributed by atoms with E-state index in [-0.39, 0.29) is 17.8 Å². The summed E-state index contributed by atoms with van der Waals surface area (Å²) in [5.41, 5.74) is 0.991. The molecule has 1 aromatic heterocycles. The van der Waals surface area contributed by atoms with Gasteiger partial charge < -0.3 is 19.5 Å². The maximum atomic E-state index is 13.9. The summed E-state index contributed by atoms with van der Waals surface area (Å²) in [7, 11) is 0. The minimum atomic E-state index is -0.228. The molecule has 2 aliphatic heterocycles. The Kier molecular flexibility index (Phi) is 4.40. The average molecular weight is 344 g/mol. The van der Waals surface area contributed by atoms with Crippen molar-refractivity contribution in [2.75, 3.05) is 37.6 Å². The van der Waals surface area contributed by atoms with Gasteiger partial charge in [0.1, 0.15) is 5.82 Å². The first-order valence-corrected chi connectivity index (χ1v) is 8.69. The van der Waals surface area contributed by atoms with Gasteiger partial charge in [0, 0.05) is 26.2 Å². The smallest absolute Gasteiger partial charge is 0.276 e. The molecule has 2 aliphatic rings. The maximum Gasteiger partial charge on any atom is 0.276 e. The quantitative estimate of drug-likeness (QED) is 0.925. The lowest BCUT2D eigenvalue weighted by Crippen LogP contribution is -2.49. The summed E-state index contributed by atoms with van der Waals surface area (Å²) in [5, 5.41) is 3.34. The van der Waals surface area contributed by atoms with E-state index in [4.69, 9.17) is 4.42 Å². The van der Waals surface area contributed by atoms with Crippen LogP contribution in [-0.4, -0.2) is 48.5 Å². The number of hydrogen-bond acceptors (Lipinski definition) is 5. The number of para-hydroxylation sites is 1. The van der Waals surface area contributed by atoms with Crippen molar-refractivity contribution in [2.24, 2.45) is 0 Å². The SMILES string of the molecule is O=C(c1ncoc1C1CCCN1)N1CCN(c2ccccc2F)CC1. The topological polar surface area (TPSA) is 61.6 Å². The average Bonchev–Trinajstić information content (AvgIpc) is 3.33. The van der Waals surface area contributed by atoms with E-state index >= 15 is 0 Å². The van der Waals surface area contributed by atoms with Crippen molar-refractivity contribution in [3.8, 4) is 0 Å². The number of amides is 1. The van der Waals surface area contributed by atoms with Gasteiger partial charge in [0.25, 0.3) is 5.91 Å². The van der Waals surface area contributed by atoms with Crippen LogP contribution in [0.1, 0.15) is 35.1 Å². The Labute approximate surface area is 145 Å². The third-order valence-corrected chi connectivity index (χ3v) is 4.93. The van der Waals surface area contributed by atoms with Crippen LogP contribution < -0.4 is 10.2 Å². The molecule has 2 saturated heterocycles. The van der Waals surface area contributed by atoms with Crippen molar-refractivity contribution in [2.45, 2.75) is 18.9 Å². The van der Waals surface area contributed by atoms with Crippen LogP contribution in [0.2, 0.25) is 0 Å². The van der Waals surface area contributed by atoms with E-state index in [0.29, 0.717) is 43.3 Å². The number of oxazole rings is 1. The molecule has 25 heavy (non-hydrogen) atoms. The molecular weight excluding hydrogens is 323 g/mol. The van der Waals surface area contributed by atoms with Crippen molar-refractivity contribution in [3.63, 3.8) is 0 Å². The molecule has 7 heteroatoms. The van der Waals surface area contributed by atoms with Gasteiger partial charge in [-0.25, -0.2) is 9.37 Å². The van der Waals surface area contributed by atoms with E-state index in [1.807, 2.05) is 11.0 Å². The van der Waals surface area contributed by atoms with Crippen LogP contribution in [0.5, 0.6) is 0 Å². The summed E-state index contributed by atoms with van der Waals surface area (Å²) in [5.74, 6) is 0.304. The predicted molar refractivity (Wildman–Crippen MR) is 91.0 cm³/mol. The van der Waals surface area contributed by atoms with Crippen LogP contribution >= 0.6 is 0 Å². The molecule has 1 aromatic carbocycles. The van der Waals surface area contributed by atoms with Crippen LogP contribution in [0.4, 0.5) is 10.1 Å². The van der Waals surface area contributed by atoms with Gasteiger partial charge >= 0.3 is 0 Å². The molecule has 1 amide bonds. The fraction of sp³-hybridized carbons (Fsp3) is 0.444. The number of carbonyl (C=O) groups excluding carboxylic acids is 1. The minimum absolute atomic E-state index is 0.0705. The van der Waals surface area contributed by atoms with Crippen LogP contribution in [0, 0.1) is 5.82 Å². The van der Waals surface area contributed by atoms with Gasteiger partial charge in [-0.15, -0.1) is 0 Å². The number of hydrogen-bond donors (Lipinski definition) is 1. The van der Waals surface area contributed by atoms with Crippen LogP contribution in [0.15, 0.2) is 35.1 Å². The number of anilines is 1. The second-order valence-electron chi connectivity index (χ2n) is 6.44. The predicted octanol–water partition coefficient (Wildman–Crippen LogP) is 2.20. The fourth-order valence-electron chi connectivity index (χ4n) is 3.58. The van der Waals surface area contributed by atoms with E-state index in [9.17, 15) is 9.18 Å². The van der Waals surface area contributed by atoms with Crippen molar-refractivity contribution >= 4 is 11.6 Å². The highest BCUT2D eigenvalue weighted by atomic mass is 19.1. The lowest BCUT2D eigenvalue weighted by atomic mass is 10.1. The number of halogens is 1. The van der Waals surface area contributed by atoms with Gasteiger partial charge in [0.15, 0.2) is 17.8 Å². The molecule has 1 unspecified atom stereocenters. The normalized spacial score (nSPS) is 20.9. The number of nitrogens with zero attached hydrogens (tertiary/aromatic N) is 3. The van der Waals surface area contributed by atoms with E-state index in [1.165, 1.54) is 12.5 Å². The molecule has 1 N–H and O–H groups in total. The molecule has 132 valence electrons. The highest BCUT2D eigenvalue weighted by molar-refractivity contribution is 5.93. The summed E-state index contributed by atoms with van der Waals surface area (Å²) in [6.07, 6.45) is 3.37. The lowest BCUT2D eigenvalue weighted by Gasteiger charge is -2.36. The lowest BCUT2D eigenvalue weighted by molar-refractivity contribution is 0.0738. The molecule has 1 atom stereocenters. The fourth-order valence-corrected chi connectivity index (χ4v) is 3.58. The monoisotopic (exact) mass is 344 g/mol. The molecule has 6 nitrogen and oxygen atoms in total. The number of carbonyl (C=O) groups is 1. The number of benzene rings is 1. The third-order valence-electron chi connectivity index (χ3n) is 4.93. The van der Waals surface area contributed by atoms with Gasteiger partial charge in [-0.3, -0.25) is 4.79 Å². The van der Waals surface area contributed by atoms with Crippen LogP contribution in [0.3, 0.4) is 0 Å². The number of piperazine rings is 1. The van der Waals surface area contributed by atoms with Crippen molar-refractivity contribution < 1.29 is 13.6 Å². The Balaban J connectivity index is 1.44. The first kappa shape index (κ1) is 16.1. The standard InChI is InChI=1S/C18H21FN4O2/c19-13-4-1-2-6-15(13)22-8-10-23(11-9-22)18(24)16-17(25-12-21-16)14-5-3-7-20-14/h1-2,4,6,12,14,20H,3,5,7-11H2. The number of aromatic nitrogens is 1. The van der Waals surface area contributed by atoms with Gasteiger partial charge in [-0.05, 0) is 31.5 Å². The molecule has 2 aromatic rings. The molecule has 2 fully saturated rings. The summed E-state index contributed by atoms with van der Waals surface area (Å²) in [4.78, 5) is 20.7. The summed E-state index contributed by atoms with van der Waals surface area (Å²) < 4.78 is 19.4. The van der Waals surface area contributed by atoms with E-state index in [0.717, 1.165) is 19.4 Å². The van der Waals surface area contributed by atoms with E-state index < -0.39 is 0 Å². The highest BCUT2D eigenvalue weighted by Gasteiger charge is 2.31. The highest BCUT2D eigenvalue weighted by Crippen LogP contribution is 2.27.